The Kier molecular flexibility index (Phi) is 3.97. The molecule has 0 aromatic heterocycles. The summed E-state index contributed by atoms with van der Waals surface area (Å²) < 4.78 is 13.5. The van der Waals surface area contributed by atoms with Gasteiger partial charge in [-0.15, -0.1) is 0 Å². The van der Waals surface area contributed by atoms with E-state index in [-0.39, 0.29) is 19.0 Å². The number of hydrogen-bond donors (Lipinski definition) is 2. The number of halogens is 1. The maximum Gasteiger partial charge on any atom is 0.130 e. The fourth-order valence-corrected chi connectivity index (χ4v) is 2.36. The summed E-state index contributed by atoms with van der Waals surface area (Å²) in [7, 11) is 0. The van der Waals surface area contributed by atoms with Gasteiger partial charge in [-0.3, -0.25) is 0 Å². The van der Waals surface area contributed by atoms with Crippen molar-refractivity contribution >= 4 is 5.69 Å². The maximum atomic E-state index is 13.5. The number of hydrogen-bond acceptors (Lipinski definition) is 3. The molecule has 2 rings (SSSR count). The molecule has 1 aromatic rings. The molecule has 1 fully saturated rings. The van der Waals surface area contributed by atoms with Crippen molar-refractivity contribution in [3.63, 3.8) is 0 Å². The molecule has 0 saturated carbocycles. The molecule has 0 amide bonds. The fraction of sp³-hybridized carbons (Fsp3) is 0.538. The van der Waals surface area contributed by atoms with Gasteiger partial charge in [-0.25, -0.2) is 4.39 Å². The van der Waals surface area contributed by atoms with Gasteiger partial charge in [0.25, 0.3) is 0 Å². The summed E-state index contributed by atoms with van der Waals surface area (Å²) in [4.78, 5) is 2.08. The maximum absolute atomic E-state index is 13.5. The topological polar surface area (TPSA) is 43.7 Å². The molecule has 1 aliphatic heterocycles. The highest BCUT2D eigenvalue weighted by Gasteiger charge is 2.21. The van der Waals surface area contributed by atoms with Gasteiger partial charge in [0, 0.05) is 30.9 Å². The Hall–Kier alpha value is -1.13. The second kappa shape index (κ2) is 5.47. The molecular weight excluding hydrogens is 221 g/mol. The Balaban J connectivity index is 2.15. The smallest absolute Gasteiger partial charge is 0.130 e. The van der Waals surface area contributed by atoms with Crippen LogP contribution in [0.2, 0.25) is 0 Å². The van der Waals surface area contributed by atoms with Crippen LogP contribution in [0.4, 0.5) is 10.1 Å². The van der Waals surface area contributed by atoms with Crippen molar-refractivity contribution in [1.29, 1.82) is 0 Å². The average Bonchev–Trinajstić information content (AvgIpc) is 2.38. The van der Waals surface area contributed by atoms with Gasteiger partial charge < -0.3 is 15.1 Å². The van der Waals surface area contributed by atoms with E-state index in [0.717, 1.165) is 31.6 Å². The van der Waals surface area contributed by atoms with Crippen LogP contribution in [0.25, 0.3) is 0 Å². The van der Waals surface area contributed by atoms with Gasteiger partial charge >= 0.3 is 0 Å². The van der Waals surface area contributed by atoms with Gasteiger partial charge in [-0.2, -0.15) is 0 Å². The summed E-state index contributed by atoms with van der Waals surface area (Å²) in [5, 5.41) is 18.3. The largest absolute Gasteiger partial charge is 0.396 e. The minimum atomic E-state index is -0.353. The van der Waals surface area contributed by atoms with Gasteiger partial charge in [0.15, 0.2) is 0 Å². The summed E-state index contributed by atoms with van der Waals surface area (Å²) in [6.45, 7) is 1.56. The molecule has 94 valence electrons. The Bertz CT molecular complexity index is 376. The second-order valence-corrected chi connectivity index (χ2v) is 4.51. The van der Waals surface area contributed by atoms with E-state index in [1.807, 2.05) is 6.07 Å². The molecule has 1 aromatic carbocycles. The van der Waals surface area contributed by atoms with Crippen molar-refractivity contribution in [2.24, 2.45) is 5.92 Å². The molecule has 0 aliphatic carbocycles. The zero-order valence-corrected chi connectivity index (χ0v) is 9.77. The Morgan fingerprint density at radius 2 is 1.94 bits per heavy atom. The first kappa shape index (κ1) is 12.3. The number of nitrogens with zero attached hydrogens (tertiary/aromatic N) is 1. The predicted octanol–water partition coefficient (Wildman–Crippen LogP) is 1.53. The first-order chi connectivity index (χ1) is 8.26. The van der Waals surface area contributed by atoms with Crippen molar-refractivity contribution in [3.8, 4) is 0 Å². The standard InChI is InChI=1S/C13H18FNO2/c14-12-2-1-3-13(11(12)9-17)15-6-4-10(8-16)5-7-15/h1-3,10,16-17H,4-9H2. The average molecular weight is 239 g/mol. The van der Waals surface area contributed by atoms with E-state index in [2.05, 4.69) is 4.90 Å². The third-order valence-corrected chi connectivity index (χ3v) is 3.47. The first-order valence-corrected chi connectivity index (χ1v) is 6.00. The monoisotopic (exact) mass is 239 g/mol. The molecule has 3 nitrogen and oxygen atoms in total. The molecule has 0 atom stereocenters. The Morgan fingerprint density at radius 1 is 1.24 bits per heavy atom. The lowest BCUT2D eigenvalue weighted by molar-refractivity contribution is 0.202. The Labute approximate surface area is 100 Å². The lowest BCUT2D eigenvalue weighted by Crippen LogP contribution is -2.35. The van der Waals surface area contributed by atoms with Crippen LogP contribution >= 0.6 is 0 Å². The van der Waals surface area contributed by atoms with Crippen LogP contribution in [0.1, 0.15) is 18.4 Å². The highest BCUT2D eigenvalue weighted by molar-refractivity contribution is 5.54. The van der Waals surface area contributed by atoms with Gasteiger partial charge in [-0.05, 0) is 30.9 Å². The normalized spacial score (nSPS) is 17.5. The van der Waals surface area contributed by atoms with Crippen molar-refractivity contribution < 1.29 is 14.6 Å². The zero-order chi connectivity index (χ0) is 12.3. The van der Waals surface area contributed by atoms with Crippen LogP contribution in [0.3, 0.4) is 0 Å². The van der Waals surface area contributed by atoms with Gasteiger partial charge in [0.2, 0.25) is 0 Å². The molecular formula is C13H18FNO2. The van der Waals surface area contributed by atoms with Crippen LogP contribution in [0.5, 0.6) is 0 Å². The van der Waals surface area contributed by atoms with E-state index in [1.165, 1.54) is 6.07 Å². The van der Waals surface area contributed by atoms with E-state index >= 15 is 0 Å². The van der Waals surface area contributed by atoms with Crippen LogP contribution < -0.4 is 4.90 Å². The van der Waals surface area contributed by atoms with Crippen molar-refractivity contribution in [3.05, 3.63) is 29.6 Å². The van der Waals surface area contributed by atoms with E-state index in [4.69, 9.17) is 5.11 Å². The highest BCUT2D eigenvalue weighted by atomic mass is 19.1. The first-order valence-electron chi connectivity index (χ1n) is 6.00. The third kappa shape index (κ3) is 2.58. The number of aliphatic hydroxyl groups is 2. The quantitative estimate of drug-likeness (QED) is 0.840. The van der Waals surface area contributed by atoms with E-state index in [1.54, 1.807) is 6.07 Å². The molecule has 4 heteroatoms. The zero-order valence-electron chi connectivity index (χ0n) is 9.77. The molecule has 1 aliphatic rings. The minimum absolute atomic E-state index is 0.226. The van der Waals surface area contributed by atoms with Crippen molar-refractivity contribution in [2.45, 2.75) is 19.4 Å². The molecule has 0 bridgehead atoms. The van der Waals surface area contributed by atoms with E-state index < -0.39 is 0 Å². The predicted molar refractivity (Wildman–Crippen MR) is 64.3 cm³/mol. The van der Waals surface area contributed by atoms with Crippen LogP contribution in [-0.4, -0.2) is 29.9 Å². The van der Waals surface area contributed by atoms with E-state index in [9.17, 15) is 9.50 Å². The lowest BCUT2D eigenvalue weighted by Gasteiger charge is -2.34. The van der Waals surface area contributed by atoms with Crippen molar-refractivity contribution in [1.82, 2.24) is 0 Å². The molecule has 0 spiro atoms. The van der Waals surface area contributed by atoms with E-state index in [0.29, 0.717) is 11.5 Å². The number of rotatable bonds is 3. The van der Waals surface area contributed by atoms with Gasteiger partial charge in [-0.1, -0.05) is 6.07 Å². The summed E-state index contributed by atoms with van der Waals surface area (Å²) in [6, 6.07) is 4.88. The second-order valence-electron chi connectivity index (χ2n) is 4.51. The minimum Gasteiger partial charge on any atom is -0.396 e. The fourth-order valence-electron chi connectivity index (χ4n) is 2.36. The van der Waals surface area contributed by atoms with Crippen LogP contribution in [0, 0.1) is 11.7 Å². The van der Waals surface area contributed by atoms with Crippen molar-refractivity contribution in [2.75, 3.05) is 24.6 Å². The van der Waals surface area contributed by atoms with Gasteiger partial charge in [0.05, 0.1) is 6.61 Å². The summed E-state index contributed by atoms with van der Waals surface area (Å²) in [5.41, 5.74) is 1.15. The summed E-state index contributed by atoms with van der Waals surface area (Å²) in [6.07, 6.45) is 1.83. The molecule has 0 unspecified atom stereocenters. The molecule has 1 heterocycles. The van der Waals surface area contributed by atoms with Gasteiger partial charge in [0.1, 0.15) is 5.82 Å². The number of piperidine rings is 1. The molecule has 17 heavy (non-hydrogen) atoms. The number of aliphatic hydroxyl groups excluding tert-OH is 2. The van der Waals surface area contributed by atoms with Crippen LogP contribution in [0.15, 0.2) is 18.2 Å². The summed E-state index contributed by atoms with van der Waals surface area (Å²) >= 11 is 0. The van der Waals surface area contributed by atoms with Crippen LogP contribution in [-0.2, 0) is 6.61 Å². The Morgan fingerprint density at radius 3 is 2.53 bits per heavy atom. The number of benzene rings is 1. The third-order valence-electron chi connectivity index (χ3n) is 3.47. The molecule has 2 N–H and O–H groups in total. The molecule has 1 saturated heterocycles. The molecule has 0 radical (unpaired) electrons. The summed E-state index contributed by atoms with van der Waals surface area (Å²) in [5.74, 6) is 0.00617. The number of anilines is 1. The lowest BCUT2D eigenvalue weighted by atomic mass is 9.97. The highest BCUT2D eigenvalue weighted by Crippen LogP contribution is 2.27. The SMILES string of the molecule is OCc1c(F)cccc1N1CCC(CO)CC1.